The van der Waals surface area contributed by atoms with E-state index in [1.54, 1.807) is 24.7 Å². The van der Waals surface area contributed by atoms with Gasteiger partial charge in [0.25, 0.3) is 0 Å². The first-order valence-corrected chi connectivity index (χ1v) is 10.2. The summed E-state index contributed by atoms with van der Waals surface area (Å²) in [6.45, 7) is 4.04. The Balaban J connectivity index is 1.28. The largest absolute Gasteiger partial charge is 0.356 e. The number of nitrogens with zero attached hydrogens (tertiary/aromatic N) is 5. The molecular formula is C22H25FN6O. The molecule has 0 aliphatic carbocycles. The normalized spacial score (nSPS) is 14.7. The molecule has 0 atom stereocenters. The van der Waals surface area contributed by atoms with Crippen LogP contribution in [0.1, 0.15) is 24.2 Å². The minimum atomic E-state index is -0.245. The second-order valence-electron chi connectivity index (χ2n) is 7.51. The van der Waals surface area contributed by atoms with Gasteiger partial charge in [0.15, 0.2) is 0 Å². The van der Waals surface area contributed by atoms with Crippen LogP contribution in [0.5, 0.6) is 0 Å². The first kappa shape index (κ1) is 20.0. The second kappa shape index (κ2) is 9.02. The second-order valence-corrected chi connectivity index (χ2v) is 7.51. The number of hydrogen-bond donors (Lipinski definition) is 1. The maximum absolute atomic E-state index is 13.0. The van der Waals surface area contributed by atoms with Gasteiger partial charge in [0.1, 0.15) is 29.6 Å². The zero-order valence-corrected chi connectivity index (χ0v) is 17.0. The Labute approximate surface area is 175 Å². The predicted octanol–water partition coefficient (Wildman–Crippen LogP) is 2.69. The van der Waals surface area contributed by atoms with Gasteiger partial charge < -0.3 is 10.2 Å². The van der Waals surface area contributed by atoms with E-state index in [-0.39, 0.29) is 17.6 Å². The fraction of sp³-hybridized carbons (Fsp3) is 0.364. The number of rotatable bonds is 6. The highest BCUT2D eigenvalue weighted by molar-refractivity contribution is 5.79. The molecule has 0 bridgehead atoms. The standard InChI is InChI=1S/C22H25FN6O/c1-16-24-10-13-29(16)21-14-20(26-15-27-21)28-11-7-18(8-12-28)22(30)25-9-6-17-2-4-19(23)5-3-17/h2-5,10,13-15,18H,6-9,11-12H2,1H3,(H,25,30). The van der Waals surface area contributed by atoms with Gasteiger partial charge >= 0.3 is 0 Å². The number of hydrogen-bond acceptors (Lipinski definition) is 5. The lowest BCUT2D eigenvalue weighted by atomic mass is 9.96. The molecule has 156 valence electrons. The van der Waals surface area contributed by atoms with Crippen LogP contribution < -0.4 is 10.2 Å². The molecule has 0 spiro atoms. The molecule has 1 aliphatic rings. The Hall–Kier alpha value is -3.29. The summed E-state index contributed by atoms with van der Waals surface area (Å²) in [7, 11) is 0. The highest BCUT2D eigenvalue weighted by Crippen LogP contribution is 2.23. The molecule has 3 aromatic rings. The fourth-order valence-electron chi connectivity index (χ4n) is 3.76. The minimum Gasteiger partial charge on any atom is -0.356 e. The summed E-state index contributed by atoms with van der Waals surface area (Å²) in [6.07, 6.45) is 7.46. The molecule has 7 nitrogen and oxygen atoms in total. The first-order chi connectivity index (χ1) is 14.6. The van der Waals surface area contributed by atoms with Crippen molar-refractivity contribution in [2.75, 3.05) is 24.5 Å². The molecule has 1 N–H and O–H groups in total. The Morgan fingerprint density at radius 3 is 2.57 bits per heavy atom. The van der Waals surface area contributed by atoms with Gasteiger partial charge in [0, 0.05) is 44.0 Å². The molecule has 1 aliphatic heterocycles. The van der Waals surface area contributed by atoms with Crippen molar-refractivity contribution in [1.29, 1.82) is 0 Å². The number of aryl methyl sites for hydroxylation is 1. The topological polar surface area (TPSA) is 75.9 Å². The van der Waals surface area contributed by atoms with Crippen LogP contribution in [0.25, 0.3) is 5.82 Å². The maximum Gasteiger partial charge on any atom is 0.223 e. The number of benzene rings is 1. The van der Waals surface area contributed by atoms with E-state index in [0.29, 0.717) is 13.0 Å². The third kappa shape index (κ3) is 4.64. The van der Waals surface area contributed by atoms with E-state index in [2.05, 4.69) is 25.2 Å². The molecular weight excluding hydrogens is 383 g/mol. The predicted molar refractivity (Wildman–Crippen MR) is 112 cm³/mol. The summed E-state index contributed by atoms with van der Waals surface area (Å²) in [5, 5.41) is 3.02. The molecule has 0 radical (unpaired) electrons. The zero-order chi connectivity index (χ0) is 20.9. The molecule has 0 unspecified atom stereocenters. The van der Waals surface area contributed by atoms with Crippen molar-refractivity contribution >= 4 is 11.7 Å². The van der Waals surface area contributed by atoms with Gasteiger partial charge in [0.05, 0.1) is 0 Å². The Kier molecular flexibility index (Phi) is 6.02. The molecule has 30 heavy (non-hydrogen) atoms. The fourth-order valence-corrected chi connectivity index (χ4v) is 3.76. The summed E-state index contributed by atoms with van der Waals surface area (Å²) in [6, 6.07) is 8.35. The molecule has 0 saturated carbocycles. The Morgan fingerprint density at radius 2 is 1.87 bits per heavy atom. The Morgan fingerprint density at radius 1 is 1.13 bits per heavy atom. The van der Waals surface area contributed by atoms with E-state index < -0.39 is 0 Å². The van der Waals surface area contributed by atoms with Crippen LogP contribution in [0.4, 0.5) is 10.2 Å². The maximum atomic E-state index is 13.0. The number of piperidine rings is 1. The van der Waals surface area contributed by atoms with Crippen LogP contribution in [0.2, 0.25) is 0 Å². The van der Waals surface area contributed by atoms with E-state index in [1.807, 2.05) is 23.8 Å². The van der Waals surface area contributed by atoms with Crippen LogP contribution in [0.15, 0.2) is 49.1 Å². The van der Waals surface area contributed by atoms with Crippen LogP contribution in [-0.2, 0) is 11.2 Å². The summed E-state index contributed by atoms with van der Waals surface area (Å²) in [5.41, 5.74) is 1.01. The number of carbonyl (C=O) groups excluding carboxylic acids is 1. The summed E-state index contributed by atoms with van der Waals surface area (Å²) in [4.78, 5) is 27.7. The molecule has 1 fully saturated rings. The van der Waals surface area contributed by atoms with Crippen LogP contribution >= 0.6 is 0 Å². The van der Waals surface area contributed by atoms with E-state index in [1.165, 1.54) is 12.1 Å². The van der Waals surface area contributed by atoms with Gasteiger partial charge in [-0.05, 0) is 43.9 Å². The van der Waals surface area contributed by atoms with Crippen molar-refractivity contribution < 1.29 is 9.18 Å². The quantitative estimate of drug-likeness (QED) is 0.679. The molecule has 1 aromatic carbocycles. The lowest BCUT2D eigenvalue weighted by Crippen LogP contribution is -2.41. The molecule has 1 amide bonds. The number of halogens is 1. The lowest BCUT2D eigenvalue weighted by molar-refractivity contribution is -0.125. The average molecular weight is 408 g/mol. The van der Waals surface area contributed by atoms with E-state index in [9.17, 15) is 9.18 Å². The Bertz CT molecular complexity index is 995. The number of aromatic nitrogens is 4. The highest BCUT2D eigenvalue weighted by atomic mass is 19.1. The monoisotopic (exact) mass is 408 g/mol. The van der Waals surface area contributed by atoms with E-state index in [4.69, 9.17) is 0 Å². The highest BCUT2D eigenvalue weighted by Gasteiger charge is 2.25. The van der Waals surface area contributed by atoms with Crippen LogP contribution in [0, 0.1) is 18.7 Å². The lowest BCUT2D eigenvalue weighted by Gasteiger charge is -2.32. The van der Waals surface area contributed by atoms with E-state index >= 15 is 0 Å². The smallest absolute Gasteiger partial charge is 0.223 e. The number of anilines is 1. The van der Waals surface area contributed by atoms with E-state index in [0.717, 1.165) is 49.0 Å². The minimum absolute atomic E-state index is 0.00617. The summed E-state index contributed by atoms with van der Waals surface area (Å²) >= 11 is 0. The number of nitrogens with one attached hydrogen (secondary N) is 1. The van der Waals surface area contributed by atoms with Gasteiger partial charge in [-0.1, -0.05) is 12.1 Å². The van der Waals surface area contributed by atoms with Gasteiger partial charge in [-0.25, -0.2) is 19.3 Å². The number of carbonyl (C=O) groups is 1. The summed E-state index contributed by atoms with van der Waals surface area (Å²) in [5.74, 6) is 2.38. The molecule has 8 heteroatoms. The van der Waals surface area contributed by atoms with Crippen molar-refractivity contribution in [3.63, 3.8) is 0 Å². The third-order valence-electron chi connectivity index (χ3n) is 5.53. The van der Waals surface area contributed by atoms with Crippen molar-refractivity contribution in [3.05, 3.63) is 66.3 Å². The molecule has 4 rings (SSSR count). The van der Waals surface area contributed by atoms with Crippen molar-refractivity contribution in [2.24, 2.45) is 5.92 Å². The average Bonchev–Trinajstić information content (AvgIpc) is 3.21. The zero-order valence-electron chi connectivity index (χ0n) is 17.0. The number of imidazole rings is 1. The summed E-state index contributed by atoms with van der Waals surface area (Å²) < 4.78 is 14.9. The van der Waals surface area contributed by atoms with Gasteiger partial charge in [-0.2, -0.15) is 0 Å². The van der Waals surface area contributed by atoms with Gasteiger partial charge in [0.2, 0.25) is 5.91 Å². The first-order valence-electron chi connectivity index (χ1n) is 10.2. The number of amides is 1. The molecule has 2 aromatic heterocycles. The van der Waals surface area contributed by atoms with Crippen molar-refractivity contribution in [1.82, 2.24) is 24.8 Å². The van der Waals surface area contributed by atoms with Crippen LogP contribution in [0.3, 0.4) is 0 Å². The van der Waals surface area contributed by atoms with Crippen molar-refractivity contribution in [2.45, 2.75) is 26.2 Å². The van der Waals surface area contributed by atoms with Crippen molar-refractivity contribution in [3.8, 4) is 5.82 Å². The molecule has 3 heterocycles. The third-order valence-corrected chi connectivity index (χ3v) is 5.53. The van der Waals surface area contributed by atoms with Gasteiger partial charge in [-0.3, -0.25) is 9.36 Å². The molecule has 1 saturated heterocycles. The SMILES string of the molecule is Cc1nccn1-c1cc(N2CCC(C(=O)NCCc3ccc(F)cc3)CC2)ncn1. The van der Waals surface area contributed by atoms with Crippen LogP contribution in [-0.4, -0.2) is 45.1 Å². The van der Waals surface area contributed by atoms with Gasteiger partial charge in [-0.15, -0.1) is 0 Å².